The molecule has 0 radical (unpaired) electrons. The first-order chi connectivity index (χ1) is 11.3. The van der Waals surface area contributed by atoms with Crippen molar-refractivity contribution < 1.29 is 23.7 Å². The zero-order valence-electron chi connectivity index (χ0n) is 13.6. The topological polar surface area (TPSA) is 54.0 Å². The highest BCUT2D eigenvalue weighted by Gasteiger charge is 2.13. The van der Waals surface area contributed by atoms with Crippen molar-refractivity contribution in [2.24, 2.45) is 0 Å². The summed E-state index contributed by atoms with van der Waals surface area (Å²) in [4.78, 5) is 11.2. The Morgan fingerprint density at radius 2 is 2.39 bits per heavy atom. The van der Waals surface area contributed by atoms with Crippen LogP contribution in [0.1, 0.15) is 44.9 Å². The normalized spacial score (nSPS) is 22.6. The number of esters is 1. The van der Waals surface area contributed by atoms with Gasteiger partial charge >= 0.3 is 5.97 Å². The molecule has 126 valence electrons. The molecule has 5 nitrogen and oxygen atoms in total. The van der Waals surface area contributed by atoms with E-state index < -0.39 is 5.97 Å². The van der Waals surface area contributed by atoms with Crippen molar-refractivity contribution in [3.05, 3.63) is 23.7 Å². The quantitative estimate of drug-likeness (QED) is 0.337. The van der Waals surface area contributed by atoms with E-state index in [-0.39, 0.29) is 6.29 Å². The molecule has 2 aliphatic heterocycles. The summed E-state index contributed by atoms with van der Waals surface area (Å²) in [6.07, 6.45) is 9.68. The third-order valence-electron chi connectivity index (χ3n) is 3.54. The van der Waals surface area contributed by atoms with Crippen molar-refractivity contribution in [1.82, 2.24) is 0 Å². The number of hydrogen-bond acceptors (Lipinski definition) is 5. The van der Waals surface area contributed by atoms with E-state index in [4.69, 9.17) is 14.2 Å². The van der Waals surface area contributed by atoms with Crippen LogP contribution < -0.4 is 0 Å². The van der Waals surface area contributed by atoms with Gasteiger partial charge in [0.15, 0.2) is 12.0 Å². The van der Waals surface area contributed by atoms with Gasteiger partial charge in [0.25, 0.3) is 0 Å². The van der Waals surface area contributed by atoms with Crippen LogP contribution in [-0.2, 0) is 23.7 Å². The van der Waals surface area contributed by atoms with Gasteiger partial charge in [0.05, 0.1) is 19.8 Å². The third kappa shape index (κ3) is 6.89. The molecule has 0 amide bonds. The maximum absolute atomic E-state index is 11.2. The molecule has 2 heterocycles. The molecule has 0 aliphatic carbocycles. The first kappa shape index (κ1) is 17.6. The SMILES string of the molecule is COC(=O)/C=C1/CCC=C(C#CCCCOC2CCCCO2)O1. The Morgan fingerprint density at radius 3 is 3.17 bits per heavy atom. The molecule has 1 fully saturated rings. The molecule has 5 heteroatoms. The van der Waals surface area contributed by atoms with Crippen LogP contribution >= 0.6 is 0 Å². The van der Waals surface area contributed by atoms with Crippen LogP contribution in [0.4, 0.5) is 0 Å². The predicted octanol–water partition coefficient (Wildman–Crippen LogP) is 3.06. The largest absolute Gasteiger partial charge is 0.466 e. The monoisotopic (exact) mass is 320 g/mol. The van der Waals surface area contributed by atoms with Crippen molar-refractivity contribution in [3.8, 4) is 11.8 Å². The van der Waals surface area contributed by atoms with Gasteiger partial charge in [-0.15, -0.1) is 0 Å². The van der Waals surface area contributed by atoms with E-state index in [1.54, 1.807) is 0 Å². The number of allylic oxidation sites excluding steroid dienone is 3. The second-order valence-corrected chi connectivity index (χ2v) is 5.42. The molecule has 2 rings (SSSR count). The van der Waals surface area contributed by atoms with E-state index in [1.807, 2.05) is 6.08 Å². The lowest BCUT2D eigenvalue weighted by atomic mass is 10.2. The Morgan fingerprint density at radius 1 is 1.48 bits per heavy atom. The van der Waals surface area contributed by atoms with Crippen molar-refractivity contribution in [2.75, 3.05) is 20.3 Å². The van der Waals surface area contributed by atoms with Crippen molar-refractivity contribution in [1.29, 1.82) is 0 Å². The van der Waals surface area contributed by atoms with Crippen molar-refractivity contribution >= 4 is 5.97 Å². The highest BCUT2D eigenvalue weighted by atomic mass is 16.7. The lowest BCUT2D eigenvalue weighted by molar-refractivity contribution is -0.162. The Bertz CT molecular complexity index is 503. The van der Waals surface area contributed by atoms with Crippen molar-refractivity contribution in [3.63, 3.8) is 0 Å². The summed E-state index contributed by atoms with van der Waals surface area (Å²) in [5.74, 6) is 6.86. The number of methoxy groups -OCH3 is 1. The summed E-state index contributed by atoms with van der Waals surface area (Å²) in [5, 5.41) is 0. The van der Waals surface area contributed by atoms with Gasteiger partial charge in [-0.05, 0) is 44.1 Å². The van der Waals surface area contributed by atoms with E-state index in [1.165, 1.54) is 19.6 Å². The Kier molecular flexibility index (Phi) is 7.71. The molecule has 0 spiro atoms. The van der Waals surface area contributed by atoms with Gasteiger partial charge in [0.2, 0.25) is 0 Å². The standard InChI is InChI=1S/C18H24O5/c1-20-17(19)14-16-10-7-9-15(23-16)8-3-2-5-12-21-18-11-4-6-13-22-18/h9,14,18H,2,4-7,10-13H2,1H3/b16-14-. The number of rotatable bonds is 5. The first-order valence-corrected chi connectivity index (χ1v) is 8.16. The molecule has 1 unspecified atom stereocenters. The molecule has 23 heavy (non-hydrogen) atoms. The van der Waals surface area contributed by atoms with Crippen LogP contribution in [0, 0.1) is 11.8 Å². The van der Waals surface area contributed by atoms with Crippen molar-refractivity contribution in [2.45, 2.75) is 51.2 Å². The fourth-order valence-electron chi connectivity index (χ4n) is 2.32. The molecule has 2 aliphatic rings. The van der Waals surface area contributed by atoms with Crippen LogP contribution in [0.15, 0.2) is 23.7 Å². The second-order valence-electron chi connectivity index (χ2n) is 5.42. The Balaban J connectivity index is 1.65. The zero-order valence-corrected chi connectivity index (χ0v) is 13.6. The summed E-state index contributed by atoms with van der Waals surface area (Å²) in [6, 6.07) is 0. The highest BCUT2D eigenvalue weighted by Crippen LogP contribution is 2.19. The summed E-state index contributed by atoms with van der Waals surface area (Å²) in [5.41, 5.74) is 0. The predicted molar refractivity (Wildman–Crippen MR) is 85.1 cm³/mol. The molecular formula is C18H24O5. The van der Waals surface area contributed by atoms with E-state index >= 15 is 0 Å². The fourth-order valence-corrected chi connectivity index (χ4v) is 2.32. The van der Waals surface area contributed by atoms with Gasteiger partial charge < -0.3 is 18.9 Å². The van der Waals surface area contributed by atoms with Crippen LogP contribution in [-0.4, -0.2) is 32.6 Å². The van der Waals surface area contributed by atoms with Crippen LogP contribution in [0.5, 0.6) is 0 Å². The maximum Gasteiger partial charge on any atom is 0.333 e. The molecule has 0 aromatic heterocycles. The molecule has 0 aromatic rings. The maximum atomic E-state index is 11.2. The third-order valence-corrected chi connectivity index (χ3v) is 3.54. The number of carbonyl (C=O) groups excluding carboxylic acids is 1. The van der Waals surface area contributed by atoms with Gasteiger partial charge in [-0.25, -0.2) is 4.79 Å². The van der Waals surface area contributed by atoms with E-state index in [9.17, 15) is 4.79 Å². The lowest BCUT2D eigenvalue weighted by Gasteiger charge is -2.22. The molecular weight excluding hydrogens is 296 g/mol. The van der Waals surface area contributed by atoms with E-state index in [0.29, 0.717) is 24.5 Å². The van der Waals surface area contributed by atoms with Gasteiger partial charge in [-0.1, -0.05) is 5.92 Å². The molecule has 0 aromatic carbocycles. The van der Waals surface area contributed by atoms with Gasteiger partial charge in [-0.2, -0.15) is 0 Å². The summed E-state index contributed by atoms with van der Waals surface area (Å²) >= 11 is 0. The number of hydrogen-bond donors (Lipinski definition) is 0. The number of unbranched alkanes of at least 4 members (excludes halogenated alkanes) is 1. The zero-order chi connectivity index (χ0) is 16.3. The molecule has 1 atom stereocenters. The minimum absolute atomic E-state index is 0.0351. The fraction of sp³-hybridized carbons (Fsp3) is 0.611. The summed E-state index contributed by atoms with van der Waals surface area (Å²) in [6.45, 7) is 1.46. The molecule has 0 bridgehead atoms. The summed E-state index contributed by atoms with van der Waals surface area (Å²) in [7, 11) is 1.35. The van der Waals surface area contributed by atoms with E-state index in [0.717, 1.165) is 38.7 Å². The number of carbonyl (C=O) groups is 1. The first-order valence-electron chi connectivity index (χ1n) is 8.16. The minimum Gasteiger partial charge on any atom is -0.466 e. The van der Waals surface area contributed by atoms with Crippen LogP contribution in [0.2, 0.25) is 0 Å². The second kappa shape index (κ2) is 10.1. The summed E-state index contributed by atoms with van der Waals surface area (Å²) < 4.78 is 21.3. The Labute approximate surface area is 137 Å². The average molecular weight is 320 g/mol. The lowest BCUT2D eigenvalue weighted by Crippen LogP contribution is -2.22. The molecule has 0 saturated carbocycles. The van der Waals surface area contributed by atoms with Crippen LogP contribution in [0.25, 0.3) is 0 Å². The Hall–Kier alpha value is -1.77. The highest BCUT2D eigenvalue weighted by molar-refractivity contribution is 5.82. The molecule has 1 saturated heterocycles. The molecule has 0 N–H and O–H groups in total. The van der Waals surface area contributed by atoms with Gasteiger partial charge in [-0.3, -0.25) is 0 Å². The van der Waals surface area contributed by atoms with Gasteiger partial charge in [0, 0.05) is 19.4 Å². The smallest absolute Gasteiger partial charge is 0.333 e. The average Bonchev–Trinajstić information content (AvgIpc) is 2.59. The number of ether oxygens (including phenoxy) is 4. The van der Waals surface area contributed by atoms with Gasteiger partial charge in [0.1, 0.15) is 5.76 Å². The minimum atomic E-state index is -0.406. The van der Waals surface area contributed by atoms with Crippen LogP contribution in [0.3, 0.4) is 0 Å². The van der Waals surface area contributed by atoms with E-state index in [2.05, 4.69) is 16.6 Å².